The molecular weight excluding hydrogens is 496 g/mol. The molecule has 2 aliphatic heterocycles. The summed E-state index contributed by atoms with van der Waals surface area (Å²) >= 11 is 0. The van der Waals surface area contributed by atoms with Crippen molar-refractivity contribution >= 4 is 21.9 Å². The number of aromatic nitrogens is 2. The molecule has 3 aromatic carbocycles. The fourth-order valence-electron chi connectivity index (χ4n) is 4.33. The molecule has 1 atom stereocenters. The number of amides is 1. The number of hydrogen-bond acceptors (Lipinski definition) is 8. The van der Waals surface area contributed by atoms with E-state index in [-0.39, 0.29) is 29.0 Å². The zero-order chi connectivity index (χ0) is 25.4. The number of nitrogens with zero attached hydrogens (tertiary/aromatic N) is 3. The molecule has 0 spiro atoms. The zero-order valence-electron chi connectivity index (χ0n) is 19.5. The maximum Gasteiger partial charge on any atom is 0.322 e. The van der Waals surface area contributed by atoms with Gasteiger partial charge in [0.05, 0.1) is 4.90 Å². The topological polar surface area (TPSA) is 124 Å². The van der Waals surface area contributed by atoms with Crippen LogP contribution >= 0.6 is 0 Å². The molecule has 10 nitrogen and oxygen atoms in total. The number of benzene rings is 3. The lowest BCUT2D eigenvalue weighted by molar-refractivity contribution is 0.0716. The maximum absolute atomic E-state index is 13.2. The summed E-state index contributed by atoms with van der Waals surface area (Å²) in [5, 5.41) is 10.3. The van der Waals surface area contributed by atoms with Crippen LogP contribution in [0.1, 0.15) is 33.5 Å². The highest BCUT2D eigenvalue weighted by molar-refractivity contribution is 7.89. The predicted molar refractivity (Wildman–Crippen MR) is 132 cm³/mol. The molecule has 0 saturated heterocycles. The van der Waals surface area contributed by atoms with E-state index in [1.54, 1.807) is 12.1 Å². The first-order chi connectivity index (χ1) is 18.0. The summed E-state index contributed by atoms with van der Waals surface area (Å²) < 4.78 is 44.8. The van der Waals surface area contributed by atoms with E-state index in [1.807, 2.05) is 36.4 Å². The Hall–Kier alpha value is -4.22. The van der Waals surface area contributed by atoms with Gasteiger partial charge in [0.2, 0.25) is 16.1 Å². The molecule has 1 amide bonds. The van der Waals surface area contributed by atoms with Crippen molar-refractivity contribution in [2.24, 2.45) is 0 Å². The van der Waals surface area contributed by atoms with Gasteiger partial charge in [-0.25, -0.2) is 8.42 Å². The van der Waals surface area contributed by atoms with Gasteiger partial charge in [-0.3, -0.25) is 10.1 Å². The number of carbonyl (C=O) groups excluding carboxylic acids is 1. The van der Waals surface area contributed by atoms with Crippen molar-refractivity contribution < 1.29 is 27.1 Å². The Balaban J connectivity index is 1.11. The molecule has 0 bridgehead atoms. The minimum absolute atomic E-state index is 0.105. The van der Waals surface area contributed by atoms with Crippen LogP contribution in [0.2, 0.25) is 0 Å². The normalized spacial score (nSPS) is 17.1. The van der Waals surface area contributed by atoms with Gasteiger partial charge in [-0.2, -0.15) is 4.31 Å². The van der Waals surface area contributed by atoms with E-state index in [0.29, 0.717) is 31.0 Å². The number of hydrogen-bond donors (Lipinski definition) is 1. The van der Waals surface area contributed by atoms with Crippen molar-refractivity contribution in [3.63, 3.8) is 0 Å². The average Bonchev–Trinajstić information content (AvgIpc) is 3.41. The molecule has 4 aromatic rings. The summed E-state index contributed by atoms with van der Waals surface area (Å²) in [4.78, 5) is 12.8. The largest absolute Gasteiger partial charge is 0.485 e. The molecule has 3 heterocycles. The van der Waals surface area contributed by atoms with Crippen molar-refractivity contribution in [2.75, 3.05) is 18.5 Å². The average molecular weight is 519 g/mol. The Morgan fingerprint density at radius 3 is 2.46 bits per heavy atom. The lowest BCUT2D eigenvalue weighted by Crippen LogP contribution is -2.35. The van der Waals surface area contributed by atoms with Gasteiger partial charge in [0.15, 0.2) is 11.5 Å². The van der Waals surface area contributed by atoms with Gasteiger partial charge in [0.1, 0.15) is 6.61 Å². The van der Waals surface area contributed by atoms with Crippen molar-refractivity contribution in [2.45, 2.75) is 24.0 Å². The summed E-state index contributed by atoms with van der Waals surface area (Å²) in [7, 11) is -3.70. The van der Waals surface area contributed by atoms with E-state index in [9.17, 15) is 13.2 Å². The minimum Gasteiger partial charge on any atom is -0.485 e. The Morgan fingerprint density at radius 2 is 1.65 bits per heavy atom. The molecule has 0 radical (unpaired) electrons. The third-order valence-electron chi connectivity index (χ3n) is 6.30. The first kappa shape index (κ1) is 23.2. The Kier molecular flexibility index (Phi) is 5.85. The zero-order valence-corrected chi connectivity index (χ0v) is 20.3. The summed E-state index contributed by atoms with van der Waals surface area (Å²) in [5.74, 6) is 0.834. The van der Waals surface area contributed by atoms with E-state index in [1.165, 1.54) is 28.6 Å². The van der Waals surface area contributed by atoms with Crippen LogP contribution in [0.3, 0.4) is 0 Å². The highest BCUT2D eigenvalue weighted by Crippen LogP contribution is 2.35. The van der Waals surface area contributed by atoms with E-state index >= 15 is 0 Å². The van der Waals surface area contributed by atoms with E-state index < -0.39 is 22.0 Å². The van der Waals surface area contributed by atoms with Gasteiger partial charge in [-0.05, 0) is 53.9 Å². The van der Waals surface area contributed by atoms with E-state index in [2.05, 4.69) is 15.5 Å². The Labute approximate surface area is 212 Å². The Bertz CT molecular complexity index is 1570. The van der Waals surface area contributed by atoms with Crippen LogP contribution in [-0.4, -0.2) is 42.0 Å². The Morgan fingerprint density at radius 1 is 0.919 bits per heavy atom. The van der Waals surface area contributed by atoms with Crippen molar-refractivity contribution in [3.05, 3.63) is 95.4 Å². The third kappa shape index (κ3) is 4.54. The van der Waals surface area contributed by atoms with Crippen LogP contribution in [0, 0.1) is 0 Å². The lowest BCUT2D eigenvalue weighted by atomic mass is 10.0. The van der Waals surface area contributed by atoms with Crippen molar-refractivity contribution in [1.29, 1.82) is 0 Å². The van der Waals surface area contributed by atoms with Crippen LogP contribution in [0.25, 0.3) is 0 Å². The fourth-order valence-corrected chi connectivity index (χ4v) is 5.75. The van der Waals surface area contributed by atoms with Gasteiger partial charge < -0.3 is 13.9 Å². The van der Waals surface area contributed by atoms with E-state index in [4.69, 9.17) is 13.9 Å². The van der Waals surface area contributed by atoms with Crippen LogP contribution in [0.4, 0.5) is 6.01 Å². The second-order valence-corrected chi connectivity index (χ2v) is 10.6. The second kappa shape index (κ2) is 9.34. The van der Waals surface area contributed by atoms with Gasteiger partial charge >= 0.3 is 6.01 Å². The standard InChI is InChI=1S/C26H22N4O6S/c31-24(27-26-29-28-25(36-26)23-16-34-21-7-3-4-8-22(21)35-23)18-9-11-20(12-10-18)37(32,33)30-14-13-17-5-1-2-6-19(17)15-30/h1-12,23H,13-16H2,(H,27,29,31)/t23-/m1/s1. The number of ether oxygens (including phenoxy) is 2. The third-order valence-corrected chi connectivity index (χ3v) is 8.15. The number of fused-ring (bicyclic) bond motifs is 2. The van der Waals surface area contributed by atoms with Crippen molar-refractivity contribution in [3.8, 4) is 11.5 Å². The van der Waals surface area contributed by atoms with Gasteiger partial charge in [-0.1, -0.05) is 41.5 Å². The SMILES string of the molecule is O=C(Nc1nnc([C@H]2COc3ccccc3O2)o1)c1ccc(S(=O)(=O)N2CCc3ccccc3C2)cc1. The van der Waals surface area contributed by atoms with Crippen LogP contribution in [-0.2, 0) is 23.0 Å². The molecule has 1 N–H and O–H groups in total. The molecule has 6 rings (SSSR count). The highest BCUT2D eigenvalue weighted by Gasteiger charge is 2.29. The predicted octanol–water partition coefficient (Wildman–Crippen LogP) is 3.58. The molecule has 0 unspecified atom stereocenters. The number of rotatable bonds is 5. The van der Waals surface area contributed by atoms with Gasteiger partial charge in [0.25, 0.3) is 11.8 Å². The smallest absolute Gasteiger partial charge is 0.322 e. The first-order valence-corrected chi connectivity index (χ1v) is 13.1. The molecule has 0 saturated carbocycles. The summed E-state index contributed by atoms with van der Waals surface area (Å²) in [6.07, 6.45) is 0.0476. The maximum atomic E-state index is 13.2. The number of sulfonamides is 1. The highest BCUT2D eigenvalue weighted by atomic mass is 32.2. The molecule has 1 aromatic heterocycles. The van der Waals surface area contributed by atoms with Gasteiger partial charge in [-0.15, -0.1) is 5.10 Å². The number of para-hydroxylation sites is 2. The molecule has 37 heavy (non-hydrogen) atoms. The molecule has 0 aliphatic carbocycles. The summed E-state index contributed by atoms with van der Waals surface area (Å²) in [5.41, 5.74) is 2.41. The van der Waals surface area contributed by atoms with Crippen LogP contribution < -0.4 is 14.8 Å². The van der Waals surface area contributed by atoms with Gasteiger partial charge in [0, 0.05) is 18.7 Å². The first-order valence-electron chi connectivity index (χ1n) is 11.7. The number of anilines is 1. The number of nitrogens with one attached hydrogen (secondary N) is 1. The minimum atomic E-state index is -3.70. The summed E-state index contributed by atoms with van der Waals surface area (Å²) in [6.45, 7) is 0.912. The fraction of sp³-hybridized carbons (Fsp3) is 0.192. The number of carbonyl (C=O) groups is 1. The van der Waals surface area contributed by atoms with Crippen LogP contribution in [0.5, 0.6) is 11.5 Å². The lowest BCUT2D eigenvalue weighted by Gasteiger charge is -2.28. The molecule has 0 fully saturated rings. The van der Waals surface area contributed by atoms with Crippen LogP contribution in [0.15, 0.2) is 82.1 Å². The monoisotopic (exact) mass is 518 g/mol. The van der Waals surface area contributed by atoms with E-state index in [0.717, 1.165) is 11.1 Å². The quantitative estimate of drug-likeness (QED) is 0.425. The molecule has 11 heteroatoms. The second-order valence-electron chi connectivity index (χ2n) is 8.65. The molecular formula is C26H22N4O6S. The molecule has 188 valence electrons. The molecule has 2 aliphatic rings. The summed E-state index contributed by atoms with van der Waals surface area (Å²) in [6, 6.07) is 20.7. The van der Waals surface area contributed by atoms with Crippen molar-refractivity contribution in [1.82, 2.24) is 14.5 Å².